The summed E-state index contributed by atoms with van der Waals surface area (Å²) in [5.74, 6) is -0.872. The van der Waals surface area contributed by atoms with Crippen LogP contribution in [0.4, 0.5) is 0 Å². The molecule has 6 nitrogen and oxygen atoms in total. The number of ether oxygens (including phenoxy) is 3. The van der Waals surface area contributed by atoms with Crippen LogP contribution in [0.1, 0.15) is 361 Å². The van der Waals surface area contributed by atoms with E-state index in [4.69, 9.17) is 14.2 Å². The van der Waals surface area contributed by atoms with Gasteiger partial charge in [-0.1, -0.05) is 331 Å². The molecule has 0 saturated heterocycles. The third-order valence-corrected chi connectivity index (χ3v) is 15.6. The normalized spacial score (nSPS) is 12.6. The van der Waals surface area contributed by atoms with E-state index in [0.29, 0.717) is 19.3 Å². The minimum Gasteiger partial charge on any atom is -0.462 e. The topological polar surface area (TPSA) is 78.9 Å². The zero-order valence-electron chi connectivity index (χ0n) is 54.5. The van der Waals surface area contributed by atoms with Gasteiger partial charge in [0.15, 0.2) is 6.10 Å². The predicted molar refractivity (Wildman–Crippen MR) is 358 cm³/mol. The SMILES string of the molecule is CC/C=C\C/C=C\C/C=C\C/C=C\C/C=C\CCCCCCCCCC(=O)OCC(COC(=O)CCCCCCCCCCC/C=C\C/C=C\CCCCC)OC(=O)CCCCCCCCCCCCCCCCCCCCCCCC. The van der Waals surface area contributed by atoms with Gasteiger partial charge >= 0.3 is 17.9 Å². The van der Waals surface area contributed by atoms with Crippen molar-refractivity contribution >= 4 is 17.9 Å². The Morgan fingerprint density at radius 2 is 0.476 bits per heavy atom. The Kier molecular flexibility index (Phi) is 67.2. The van der Waals surface area contributed by atoms with Crippen LogP contribution in [0.15, 0.2) is 85.1 Å². The molecule has 0 aromatic rings. The number of esters is 3. The van der Waals surface area contributed by atoms with Gasteiger partial charge in [0.25, 0.3) is 0 Å². The third kappa shape index (κ3) is 67.4. The van der Waals surface area contributed by atoms with Gasteiger partial charge in [-0.15, -0.1) is 0 Å². The molecule has 6 heteroatoms. The molecule has 0 rings (SSSR count). The quantitative estimate of drug-likeness (QED) is 0.0261. The Hall–Kier alpha value is -3.41. The fourth-order valence-corrected chi connectivity index (χ4v) is 10.3. The van der Waals surface area contributed by atoms with Gasteiger partial charge < -0.3 is 14.2 Å². The van der Waals surface area contributed by atoms with Crippen molar-refractivity contribution in [1.82, 2.24) is 0 Å². The summed E-state index contributed by atoms with van der Waals surface area (Å²) in [7, 11) is 0. The number of carbonyl (C=O) groups excluding carboxylic acids is 3. The largest absolute Gasteiger partial charge is 0.462 e. The molecule has 0 heterocycles. The number of hydrogen-bond donors (Lipinski definition) is 0. The van der Waals surface area contributed by atoms with E-state index in [1.165, 1.54) is 218 Å². The summed E-state index contributed by atoms with van der Waals surface area (Å²) in [4.78, 5) is 38.5. The molecule has 0 aliphatic carbocycles. The van der Waals surface area contributed by atoms with E-state index < -0.39 is 6.10 Å². The Morgan fingerprint density at radius 1 is 0.256 bits per heavy atom. The number of hydrogen-bond acceptors (Lipinski definition) is 6. The molecular weight excluding hydrogens is 1010 g/mol. The highest BCUT2D eigenvalue weighted by atomic mass is 16.6. The second-order valence-electron chi connectivity index (χ2n) is 23.8. The third-order valence-electron chi connectivity index (χ3n) is 15.6. The number of allylic oxidation sites excluding steroid dienone is 14. The van der Waals surface area contributed by atoms with Crippen LogP contribution >= 0.6 is 0 Å². The molecule has 0 bridgehead atoms. The maximum atomic E-state index is 13.0. The van der Waals surface area contributed by atoms with Gasteiger partial charge in [-0.25, -0.2) is 0 Å². The first-order valence-corrected chi connectivity index (χ1v) is 35.6. The average molecular weight is 1140 g/mol. The summed E-state index contributed by atoms with van der Waals surface area (Å²) in [6.45, 7) is 6.55. The standard InChI is InChI=1S/C76H134O6/c1-4-7-10-13-16-19-22-25-28-31-34-36-38-40-42-45-48-51-54-57-60-63-66-69-75(78)81-72-73(71-80-74(77)68-65-62-59-56-53-50-47-44-41-33-30-27-24-21-18-15-12-9-6-3)82-76(79)70-67-64-61-58-55-52-49-46-43-39-37-35-32-29-26-23-20-17-14-11-8-5-2/h7,10,16,18-19,21,25,27-28,30,34,36,40,42,73H,4-6,8-9,11-15,17,20,22-24,26,29,31-33,35,37-39,41,43-72H2,1-3H3/b10-7-,19-16-,21-18-,28-25-,30-27-,36-34-,42-40-. The lowest BCUT2D eigenvalue weighted by molar-refractivity contribution is -0.167. The second kappa shape index (κ2) is 70.1. The Labute approximate surface area is 509 Å². The molecule has 82 heavy (non-hydrogen) atoms. The lowest BCUT2D eigenvalue weighted by Gasteiger charge is -2.18. The van der Waals surface area contributed by atoms with Crippen molar-refractivity contribution in [3.8, 4) is 0 Å². The van der Waals surface area contributed by atoms with Crippen LogP contribution in [0.25, 0.3) is 0 Å². The smallest absolute Gasteiger partial charge is 0.306 e. The van der Waals surface area contributed by atoms with E-state index >= 15 is 0 Å². The minimum atomic E-state index is -0.784. The molecule has 0 aliphatic heterocycles. The van der Waals surface area contributed by atoms with E-state index in [0.717, 1.165) is 103 Å². The van der Waals surface area contributed by atoms with Crippen molar-refractivity contribution in [1.29, 1.82) is 0 Å². The molecule has 0 spiro atoms. The Bertz CT molecular complexity index is 1550. The number of rotatable bonds is 65. The second-order valence-corrected chi connectivity index (χ2v) is 23.8. The lowest BCUT2D eigenvalue weighted by Crippen LogP contribution is -2.30. The van der Waals surface area contributed by atoms with Crippen molar-refractivity contribution in [3.05, 3.63) is 85.1 Å². The molecule has 0 radical (unpaired) electrons. The molecular formula is C76H134O6. The molecule has 0 fully saturated rings. The summed E-state index contributed by atoms with van der Waals surface area (Å²) >= 11 is 0. The van der Waals surface area contributed by atoms with Gasteiger partial charge in [-0.2, -0.15) is 0 Å². The first-order valence-electron chi connectivity index (χ1n) is 35.6. The van der Waals surface area contributed by atoms with Crippen molar-refractivity contribution in [2.45, 2.75) is 367 Å². The molecule has 0 aromatic heterocycles. The van der Waals surface area contributed by atoms with Gasteiger partial charge in [-0.3, -0.25) is 14.4 Å². The van der Waals surface area contributed by atoms with Crippen LogP contribution in [0.2, 0.25) is 0 Å². The monoisotopic (exact) mass is 1140 g/mol. The maximum absolute atomic E-state index is 13.0. The molecule has 0 amide bonds. The van der Waals surface area contributed by atoms with Gasteiger partial charge in [0, 0.05) is 19.3 Å². The van der Waals surface area contributed by atoms with Gasteiger partial charge in [0.05, 0.1) is 0 Å². The highest BCUT2D eigenvalue weighted by molar-refractivity contribution is 5.71. The first-order chi connectivity index (χ1) is 40.5. The minimum absolute atomic E-state index is 0.0791. The Morgan fingerprint density at radius 3 is 0.768 bits per heavy atom. The first kappa shape index (κ1) is 78.6. The molecule has 1 unspecified atom stereocenters. The van der Waals surface area contributed by atoms with Crippen LogP contribution in [0.3, 0.4) is 0 Å². The van der Waals surface area contributed by atoms with Crippen molar-refractivity contribution < 1.29 is 28.6 Å². The van der Waals surface area contributed by atoms with Crippen LogP contribution in [0.5, 0.6) is 0 Å². The molecule has 0 aliphatic rings. The molecule has 0 N–H and O–H groups in total. The number of carbonyl (C=O) groups is 3. The van der Waals surface area contributed by atoms with Crippen molar-refractivity contribution in [2.75, 3.05) is 13.2 Å². The zero-order chi connectivity index (χ0) is 59.2. The van der Waals surface area contributed by atoms with Crippen molar-refractivity contribution in [2.24, 2.45) is 0 Å². The van der Waals surface area contributed by atoms with Crippen LogP contribution in [0, 0.1) is 0 Å². The number of unbranched alkanes of at least 4 members (excludes halogenated alkanes) is 40. The Balaban J connectivity index is 4.38. The van der Waals surface area contributed by atoms with Crippen molar-refractivity contribution in [3.63, 3.8) is 0 Å². The van der Waals surface area contributed by atoms with E-state index in [1.807, 2.05) is 0 Å². The summed E-state index contributed by atoms with van der Waals surface area (Å²) in [5.41, 5.74) is 0. The molecule has 1 atom stereocenters. The summed E-state index contributed by atoms with van der Waals surface area (Å²) in [6, 6.07) is 0. The zero-order valence-corrected chi connectivity index (χ0v) is 54.5. The predicted octanol–water partition coefficient (Wildman–Crippen LogP) is 24.6. The van der Waals surface area contributed by atoms with Crippen LogP contribution in [-0.2, 0) is 28.6 Å². The van der Waals surface area contributed by atoms with E-state index in [1.54, 1.807) is 0 Å². The lowest BCUT2D eigenvalue weighted by atomic mass is 10.0. The summed E-state index contributed by atoms with van der Waals surface area (Å²) in [5, 5.41) is 0. The average Bonchev–Trinajstić information content (AvgIpc) is 3.48. The fourth-order valence-electron chi connectivity index (χ4n) is 10.3. The summed E-state index contributed by atoms with van der Waals surface area (Å²) < 4.78 is 17.0. The van der Waals surface area contributed by atoms with Crippen LogP contribution in [-0.4, -0.2) is 37.2 Å². The maximum Gasteiger partial charge on any atom is 0.306 e. The van der Waals surface area contributed by atoms with E-state index in [9.17, 15) is 14.4 Å². The molecule has 474 valence electrons. The van der Waals surface area contributed by atoms with Gasteiger partial charge in [0.1, 0.15) is 13.2 Å². The molecule has 0 saturated carbocycles. The fraction of sp³-hybridized carbons (Fsp3) is 0.776. The molecule has 0 aromatic carbocycles. The highest BCUT2D eigenvalue weighted by Gasteiger charge is 2.19. The van der Waals surface area contributed by atoms with Gasteiger partial charge in [-0.05, 0) is 96.3 Å². The summed E-state index contributed by atoms with van der Waals surface area (Å²) in [6.07, 6.45) is 93.1. The van der Waals surface area contributed by atoms with E-state index in [2.05, 4.69) is 106 Å². The highest BCUT2D eigenvalue weighted by Crippen LogP contribution is 2.18. The van der Waals surface area contributed by atoms with Gasteiger partial charge in [0.2, 0.25) is 0 Å². The van der Waals surface area contributed by atoms with E-state index in [-0.39, 0.29) is 31.1 Å². The van der Waals surface area contributed by atoms with Crippen LogP contribution < -0.4 is 0 Å².